The van der Waals surface area contributed by atoms with E-state index in [9.17, 15) is 9.59 Å². The molecular weight excluding hydrogens is 488 g/mol. The number of nitrogens with zero attached hydrogens (tertiary/aromatic N) is 2. The molecule has 6 nitrogen and oxygen atoms in total. The first-order valence-corrected chi connectivity index (χ1v) is 16.5. The molecule has 0 aromatic carbocycles. The van der Waals surface area contributed by atoms with Gasteiger partial charge >= 0.3 is 11.9 Å². The molecule has 0 radical (unpaired) electrons. The predicted octanol–water partition coefficient (Wildman–Crippen LogP) is 7.24. The molecule has 0 spiro atoms. The average Bonchev–Trinajstić information content (AvgIpc) is 2.91. The number of unbranched alkanes of at least 4 members (excludes halogenated alkanes) is 4. The van der Waals surface area contributed by atoms with Crippen molar-refractivity contribution >= 4 is 11.9 Å². The molecule has 2 aliphatic heterocycles. The van der Waals surface area contributed by atoms with Crippen molar-refractivity contribution in [1.29, 1.82) is 0 Å². The van der Waals surface area contributed by atoms with Crippen molar-refractivity contribution in [2.45, 2.75) is 130 Å². The van der Waals surface area contributed by atoms with Crippen LogP contribution in [0.15, 0.2) is 0 Å². The number of rotatable bonds is 19. The van der Waals surface area contributed by atoms with Crippen LogP contribution in [0.5, 0.6) is 0 Å². The van der Waals surface area contributed by atoms with Gasteiger partial charge in [-0.15, -0.1) is 0 Å². The zero-order valence-corrected chi connectivity index (χ0v) is 26.2. The molecule has 0 amide bonds. The van der Waals surface area contributed by atoms with Gasteiger partial charge in [0, 0.05) is 13.1 Å². The van der Waals surface area contributed by atoms with Crippen LogP contribution in [0.2, 0.25) is 0 Å². The number of carbonyl (C=O) groups excluding carboxylic acids is 2. The Hall–Kier alpha value is -1.14. The lowest BCUT2D eigenvalue weighted by Crippen LogP contribution is -2.36. The maximum Gasteiger partial charge on any atom is 0.307 e. The van der Waals surface area contributed by atoms with Gasteiger partial charge in [0.2, 0.25) is 0 Å². The second-order valence-electron chi connectivity index (χ2n) is 13.5. The number of hydrogen-bond donors (Lipinski definition) is 0. The highest BCUT2D eigenvalue weighted by molar-refractivity contribution is 5.69. The fraction of sp³-hybridized carbons (Fsp3) is 0.939. The minimum Gasteiger partial charge on any atom is -0.466 e. The first-order valence-electron chi connectivity index (χ1n) is 16.5. The quantitative estimate of drug-likeness (QED) is 0.125. The Labute approximate surface area is 240 Å². The highest BCUT2D eigenvalue weighted by Gasteiger charge is 2.22. The fourth-order valence-electron chi connectivity index (χ4n) is 5.99. The Morgan fingerprint density at radius 3 is 1.56 bits per heavy atom. The second-order valence-corrected chi connectivity index (χ2v) is 13.5. The molecule has 0 aliphatic carbocycles. The zero-order valence-electron chi connectivity index (χ0n) is 26.2. The van der Waals surface area contributed by atoms with E-state index in [4.69, 9.17) is 9.47 Å². The van der Waals surface area contributed by atoms with Gasteiger partial charge in [0.05, 0.1) is 26.1 Å². The highest BCUT2D eigenvalue weighted by Crippen LogP contribution is 2.27. The van der Waals surface area contributed by atoms with Crippen LogP contribution >= 0.6 is 0 Å². The van der Waals surface area contributed by atoms with Gasteiger partial charge < -0.3 is 19.3 Å². The third-order valence-corrected chi connectivity index (χ3v) is 8.75. The van der Waals surface area contributed by atoms with Crippen LogP contribution in [0, 0.1) is 17.3 Å². The molecule has 0 saturated carbocycles. The minimum atomic E-state index is -0.0309. The van der Waals surface area contributed by atoms with Gasteiger partial charge in [-0.1, -0.05) is 66.2 Å². The summed E-state index contributed by atoms with van der Waals surface area (Å²) in [6.45, 7) is 16.4. The van der Waals surface area contributed by atoms with Crippen LogP contribution in [-0.2, 0) is 19.1 Å². The normalized spacial score (nSPS) is 18.4. The van der Waals surface area contributed by atoms with Crippen molar-refractivity contribution in [1.82, 2.24) is 9.80 Å². The molecule has 0 N–H and O–H groups in total. The molecule has 0 aromatic rings. The van der Waals surface area contributed by atoms with E-state index in [1.54, 1.807) is 0 Å². The summed E-state index contributed by atoms with van der Waals surface area (Å²) in [7, 11) is 0. The SMILES string of the molecule is CCCCCCOC(=O)CCN1CCC(CCCC2CCN(CCC(=O)OCCCCC(C)(C)C)CC2)CC1. The molecule has 2 fully saturated rings. The zero-order chi connectivity index (χ0) is 28.3. The molecule has 228 valence electrons. The molecule has 2 heterocycles. The molecule has 0 bridgehead atoms. The van der Waals surface area contributed by atoms with Crippen molar-refractivity contribution in [3.63, 3.8) is 0 Å². The molecule has 39 heavy (non-hydrogen) atoms. The molecule has 6 heteroatoms. The van der Waals surface area contributed by atoms with E-state index in [0.717, 1.165) is 76.8 Å². The Morgan fingerprint density at radius 1 is 0.667 bits per heavy atom. The first kappa shape index (κ1) is 34.1. The summed E-state index contributed by atoms with van der Waals surface area (Å²) < 4.78 is 10.8. The Morgan fingerprint density at radius 2 is 1.13 bits per heavy atom. The molecule has 2 rings (SSSR count). The van der Waals surface area contributed by atoms with Gasteiger partial charge in [0.1, 0.15) is 0 Å². The maximum atomic E-state index is 12.1. The van der Waals surface area contributed by atoms with Crippen molar-refractivity contribution in [2.75, 3.05) is 52.5 Å². The van der Waals surface area contributed by atoms with Crippen molar-refractivity contribution < 1.29 is 19.1 Å². The van der Waals surface area contributed by atoms with E-state index in [1.165, 1.54) is 64.2 Å². The summed E-state index contributed by atoms with van der Waals surface area (Å²) in [5.74, 6) is 1.65. The lowest BCUT2D eigenvalue weighted by molar-refractivity contribution is -0.145. The highest BCUT2D eigenvalue weighted by atomic mass is 16.5. The predicted molar refractivity (Wildman–Crippen MR) is 161 cm³/mol. The third kappa shape index (κ3) is 17.3. The molecule has 0 aromatic heterocycles. The lowest BCUT2D eigenvalue weighted by atomic mass is 9.87. The van der Waals surface area contributed by atoms with E-state index in [-0.39, 0.29) is 11.9 Å². The number of esters is 2. The maximum absolute atomic E-state index is 12.1. The van der Waals surface area contributed by atoms with Crippen LogP contribution in [0.1, 0.15) is 130 Å². The second kappa shape index (κ2) is 19.9. The summed E-state index contributed by atoms with van der Waals surface area (Å²) in [5, 5.41) is 0. The molecule has 2 aliphatic rings. The summed E-state index contributed by atoms with van der Waals surface area (Å²) in [4.78, 5) is 29.0. The van der Waals surface area contributed by atoms with Crippen LogP contribution in [0.25, 0.3) is 0 Å². The summed E-state index contributed by atoms with van der Waals surface area (Å²) >= 11 is 0. The Kier molecular flexibility index (Phi) is 17.3. The number of piperidine rings is 2. The lowest BCUT2D eigenvalue weighted by Gasteiger charge is -2.33. The van der Waals surface area contributed by atoms with Gasteiger partial charge in [-0.25, -0.2) is 0 Å². The van der Waals surface area contributed by atoms with Crippen molar-refractivity contribution in [3.8, 4) is 0 Å². The van der Waals surface area contributed by atoms with E-state index >= 15 is 0 Å². The van der Waals surface area contributed by atoms with Crippen molar-refractivity contribution in [3.05, 3.63) is 0 Å². The van der Waals surface area contributed by atoms with E-state index < -0.39 is 0 Å². The third-order valence-electron chi connectivity index (χ3n) is 8.75. The molecule has 0 atom stereocenters. The van der Waals surface area contributed by atoms with E-state index in [1.807, 2.05) is 0 Å². The standard InChI is InChI=1S/C33H62N2O4/c1-5-6-7-9-27-38-31(36)18-25-34-21-14-29(15-22-34)12-11-13-30-16-23-35(24-17-30)26-19-32(37)39-28-10-8-20-33(2,3)4/h29-30H,5-28H2,1-4H3. The van der Waals surface area contributed by atoms with Gasteiger partial charge in [0.25, 0.3) is 0 Å². The summed E-state index contributed by atoms with van der Waals surface area (Å²) in [5.41, 5.74) is 0.361. The van der Waals surface area contributed by atoms with E-state index in [2.05, 4.69) is 37.5 Å². The van der Waals surface area contributed by atoms with Crippen LogP contribution in [0.3, 0.4) is 0 Å². The van der Waals surface area contributed by atoms with Crippen LogP contribution < -0.4 is 0 Å². The topological polar surface area (TPSA) is 59.1 Å². The largest absolute Gasteiger partial charge is 0.466 e. The Bertz CT molecular complexity index is 647. The number of ether oxygens (including phenoxy) is 2. The Balaban J connectivity index is 1.42. The van der Waals surface area contributed by atoms with Gasteiger partial charge in [-0.3, -0.25) is 9.59 Å². The van der Waals surface area contributed by atoms with Crippen molar-refractivity contribution in [2.24, 2.45) is 17.3 Å². The molecule has 0 unspecified atom stereocenters. The minimum absolute atomic E-state index is 0.0262. The van der Waals surface area contributed by atoms with Crippen LogP contribution in [0.4, 0.5) is 0 Å². The number of carbonyl (C=O) groups is 2. The number of likely N-dealkylation sites (tertiary alicyclic amines) is 2. The van der Waals surface area contributed by atoms with E-state index in [0.29, 0.717) is 31.5 Å². The molecular formula is C33H62N2O4. The summed E-state index contributed by atoms with van der Waals surface area (Å²) in [6.07, 6.45) is 18.1. The molecule has 2 saturated heterocycles. The van der Waals surface area contributed by atoms with Gasteiger partial charge in [-0.05, 0) is 94.8 Å². The average molecular weight is 551 g/mol. The monoisotopic (exact) mass is 550 g/mol. The van der Waals surface area contributed by atoms with Gasteiger partial charge in [0.15, 0.2) is 0 Å². The smallest absolute Gasteiger partial charge is 0.307 e. The fourth-order valence-corrected chi connectivity index (χ4v) is 5.99. The first-order chi connectivity index (χ1) is 18.7. The summed E-state index contributed by atoms with van der Waals surface area (Å²) in [6, 6.07) is 0. The van der Waals surface area contributed by atoms with Gasteiger partial charge in [-0.2, -0.15) is 0 Å². The van der Waals surface area contributed by atoms with Crippen LogP contribution in [-0.4, -0.2) is 74.2 Å². The number of hydrogen-bond acceptors (Lipinski definition) is 6.